The van der Waals surface area contributed by atoms with Crippen LogP contribution in [0.5, 0.6) is 0 Å². The number of nitriles is 1. The van der Waals surface area contributed by atoms with Gasteiger partial charge in [0, 0.05) is 34.3 Å². The molecular formula is C24H18ClN5O10S4. The minimum Gasteiger partial charge on any atom is -0.389 e. The number of hydrogen-bond donors (Lipinski definition) is 5. The summed E-state index contributed by atoms with van der Waals surface area (Å²) < 4.78 is 101. The normalized spacial score (nSPS) is 12.4. The summed E-state index contributed by atoms with van der Waals surface area (Å²) in [6, 6.07) is 10.8. The highest BCUT2D eigenvalue weighted by atomic mass is 35.5. The molecule has 0 radical (unpaired) electrons. The number of nitrogens with one attached hydrogen (secondary N) is 1. The van der Waals surface area contributed by atoms with Gasteiger partial charge in [-0.3, -0.25) is 18.5 Å². The first kappa shape index (κ1) is 32.9. The number of anilines is 2. The summed E-state index contributed by atoms with van der Waals surface area (Å²) in [5, 5.41) is 19.2. The van der Waals surface area contributed by atoms with Gasteiger partial charge in [0.15, 0.2) is 0 Å². The topological polar surface area (TPSA) is 267 Å². The molecule has 0 spiro atoms. The summed E-state index contributed by atoms with van der Waals surface area (Å²) >= 11 is 6.41. The van der Waals surface area contributed by atoms with Crippen molar-refractivity contribution >= 4 is 91.3 Å². The molecule has 15 nitrogen and oxygen atoms in total. The molecule has 230 valence electrons. The zero-order valence-electron chi connectivity index (χ0n) is 21.7. The Morgan fingerprint density at radius 3 is 2.05 bits per heavy atom. The molecule has 4 rings (SSSR count). The van der Waals surface area contributed by atoms with Crippen LogP contribution in [0.25, 0.3) is 21.9 Å². The molecule has 0 fully saturated rings. The number of rotatable bonds is 9. The summed E-state index contributed by atoms with van der Waals surface area (Å²) in [5.41, 5.74) is 6.76. The van der Waals surface area contributed by atoms with Crippen molar-refractivity contribution in [3.05, 3.63) is 54.1 Å². The number of azo groups is 1. The van der Waals surface area contributed by atoms with Gasteiger partial charge in [-0.15, -0.1) is 21.8 Å². The lowest BCUT2D eigenvalue weighted by atomic mass is 10.0. The van der Waals surface area contributed by atoms with E-state index in [0.29, 0.717) is 23.4 Å². The number of halogens is 1. The largest absolute Gasteiger partial charge is 0.389 e. The van der Waals surface area contributed by atoms with E-state index in [0.717, 1.165) is 23.5 Å². The van der Waals surface area contributed by atoms with Crippen molar-refractivity contribution in [3.63, 3.8) is 0 Å². The molecule has 0 atom stereocenters. The predicted octanol–water partition coefficient (Wildman–Crippen LogP) is 4.75. The standard InChI is InChI=1S/C24H18ClN5O10S4/c25-6-5-21(31)28-13-3-1-12(2-4-13)22-18(11-26)23(27)41-24(22)30-29-14-7-16-17(19(8-14)43(35,36)37)9-15(42(32,33)34)10-20(16)44(38,39)40/h1-4,7-10H,5-6,27H2,(H,28,31)(H,32,33,34)(H,35,36,37)(H,38,39,40)/b30-29+. The van der Waals surface area contributed by atoms with E-state index in [2.05, 4.69) is 15.5 Å². The van der Waals surface area contributed by atoms with Gasteiger partial charge >= 0.3 is 0 Å². The molecule has 0 bridgehead atoms. The molecule has 0 saturated heterocycles. The second-order valence-corrected chi connectivity index (χ2v) is 14.4. The number of carbonyl (C=O) groups is 1. The van der Waals surface area contributed by atoms with Crippen LogP contribution in [0.3, 0.4) is 0 Å². The van der Waals surface area contributed by atoms with Crippen molar-refractivity contribution < 1.29 is 43.7 Å². The van der Waals surface area contributed by atoms with Crippen LogP contribution in [-0.4, -0.2) is 50.7 Å². The fourth-order valence-electron chi connectivity index (χ4n) is 4.01. The maximum absolute atomic E-state index is 12.2. The van der Waals surface area contributed by atoms with Crippen LogP contribution in [0, 0.1) is 11.3 Å². The number of nitrogens with zero attached hydrogens (tertiary/aromatic N) is 3. The quantitative estimate of drug-likeness (QED) is 0.0900. The second-order valence-electron chi connectivity index (χ2n) is 8.78. The van der Waals surface area contributed by atoms with E-state index in [1.54, 1.807) is 24.3 Å². The fourth-order valence-corrected chi connectivity index (χ4v) is 7.09. The number of fused-ring (bicyclic) bond motifs is 1. The van der Waals surface area contributed by atoms with Gasteiger partial charge in [-0.05, 0) is 42.0 Å². The predicted molar refractivity (Wildman–Crippen MR) is 160 cm³/mol. The first-order valence-corrected chi connectivity index (χ1v) is 17.4. The van der Waals surface area contributed by atoms with E-state index in [-0.39, 0.29) is 45.0 Å². The van der Waals surface area contributed by atoms with Gasteiger partial charge in [0.2, 0.25) is 5.91 Å². The Bertz CT molecular complexity index is 2230. The van der Waals surface area contributed by atoms with Crippen molar-refractivity contribution in [1.82, 2.24) is 0 Å². The smallest absolute Gasteiger partial charge is 0.295 e. The Balaban J connectivity index is 1.90. The van der Waals surface area contributed by atoms with E-state index < -0.39 is 55.8 Å². The Labute approximate surface area is 258 Å². The fraction of sp³-hybridized carbons (Fsp3) is 0.0833. The highest BCUT2D eigenvalue weighted by molar-refractivity contribution is 7.87. The van der Waals surface area contributed by atoms with Crippen LogP contribution in [0.1, 0.15) is 12.0 Å². The van der Waals surface area contributed by atoms with Crippen LogP contribution in [0.4, 0.5) is 21.4 Å². The Kier molecular flexibility index (Phi) is 9.11. The number of alkyl halides is 1. The minimum absolute atomic E-state index is 0.0337. The summed E-state index contributed by atoms with van der Waals surface area (Å²) in [6.45, 7) is 0. The van der Waals surface area contributed by atoms with Gasteiger partial charge in [0.25, 0.3) is 30.4 Å². The number of nitrogen functional groups attached to an aromatic ring is 1. The third kappa shape index (κ3) is 7.03. The number of benzene rings is 3. The van der Waals surface area contributed by atoms with Crippen LogP contribution in [0.15, 0.2) is 73.4 Å². The molecule has 3 aromatic carbocycles. The monoisotopic (exact) mass is 699 g/mol. The van der Waals surface area contributed by atoms with Crippen LogP contribution < -0.4 is 11.1 Å². The first-order chi connectivity index (χ1) is 20.4. The maximum atomic E-state index is 12.2. The van der Waals surface area contributed by atoms with Gasteiger partial charge in [-0.2, -0.15) is 30.5 Å². The maximum Gasteiger partial charge on any atom is 0.295 e. The molecule has 1 heterocycles. The second kappa shape index (κ2) is 12.2. The molecule has 20 heteroatoms. The van der Waals surface area contributed by atoms with E-state index in [1.807, 2.05) is 6.07 Å². The van der Waals surface area contributed by atoms with E-state index in [4.69, 9.17) is 17.3 Å². The van der Waals surface area contributed by atoms with Gasteiger partial charge in [-0.1, -0.05) is 23.5 Å². The highest BCUT2D eigenvalue weighted by Crippen LogP contribution is 2.45. The average Bonchev–Trinajstić information content (AvgIpc) is 3.24. The van der Waals surface area contributed by atoms with Crippen LogP contribution in [0.2, 0.25) is 0 Å². The van der Waals surface area contributed by atoms with Crippen molar-refractivity contribution in [2.75, 3.05) is 16.9 Å². The molecule has 1 aromatic heterocycles. The molecule has 0 aliphatic heterocycles. The molecule has 44 heavy (non-hydrogen) atoms. The zero-order chi connectivity index (χ0) is 32.6. The number of thiophene rings is 1. The van der Waals surface area contributed by atoms with Crippen molar-refractivity contribution in [3.8, 4) is 17.2 Å². The lowest BCUT2D eigenvalue weighted by molar-refractivity contribution is -0.115. The number of nitrogens with two attached hydrogens (primary N) is 1. The summed E-state index contributed by atoms with van der Waals surface area (Å²) in [4.78, 5) is 8.62. The van der Waals surface area contributed by atoms with Gasteiger partial charge in [0.05, 0.1) is 16.1 Å². The van der Waals surface area contributed by atoms with Crippen molar-refractivity contribution in [2.24, 2.45) is 10.2 Å². The van der Waals surface area contributed by atoms with E-state index in [9.17, 15) is 49.0 Å². The summed E-state index contributed by atoms with van der Waals surface area (Å²) in [5.74, 6) is -0.185. The molecular weight excluding hydrogens is 682 g/mol. The Morgan fingerprint density at radius 1 is 0.909 bits per heavy atom. The third-order valence-electron chi connectivity index (χ3n) is 5.87. The summed E-state index contributed by atoms with van der Waals surface area (Å²) in [6.07, 6.45) is 0.0922. The number of carbonyl (C=O) groups excluding carboxylic acids is 1. The highest BCUT2D eigenvalue weighted by Gasteiger charge is 2.26. The van der Waals surface area contributed by atoms with Crippen molar-refractivity contribution in [2.45, 2.75) is 21.1 Å². The molecule has 0 saturated carbocycles. The third-order valence-corrected chi connectivity index (χ3v) is 9.58. The number of hydrogen-bond acceptors (Lipinski definition) is 12. The molecule has 1 amide bonds. The Morgan fingerprint density at radius 2 is 1.50 bits per heavy atom. The van der Waals surface area contributed by atoms with Crippen molar-refractivity contribution in [1.29, 1.82) is 5.26 Å². The van der Waals surface area contributed by atoms with Gasteiger partial charge in [-0.25, -0.2) is 0 Å². The summed E-state index contributed by atoms with van der Waals surface area (Å²) in [7, 11) is -15.5. The van der Waals surface area contributed by atoms with Crippen LogP contribution in [-0.2, 0) is 35.1 Å². The lowest BCUT2D eigenvalue weighted by Crippen LogP contribution is -2.11. The Hall–Kier alpha value is -4.00. The molecule has 0 aliphatic rings. The van der Waals surface area contributed by atoms with E-state index >= 15 is 0 Å². The van der Waals surface area contributed by atoms with Gasteiger partial charge in [0.1, 0.15) is 25.9 Å². The molecule has 0 unspecified atom stereocenters. The molecule has 6 N–H and O–H groups in total. The first-order valence-electron chi connectivity index (χ1n) is 11.7. The minimum atomic E-state index is -5.23. The molecule has 4 aromatic rings. The van der Waals surface area contributed by atoms with Crippen LogP contribution >= 0.6 is 22.9 Å². The zero-order valence-corrected chi connectivity index (χ0v) is 25.7. The van der Waals surface area contributed by atoms with E-state index in [1.165, 1.54) is 0 Å². The number of amides is 1. The lowest BCUT2D eigenvalue weighted by Gasteiger charge is -2.11. The average molecular weight is 700 g/mol. The molecule has 0 aliphatic carbocycles. The SMILES string of the molecule is N#Cc1c(N)sc(/N=N/c2cc(S(=O)(=O)O)c3cc(S(=O)(=O)O)cc(S(=O)(=O)O)c3c2)c1-c1ccc(NC(=O)CCCl)cc1. The van der Waals surface area contributed by atoms with Gasteiger partial charge < -0.3 is 11.1 Å².